The lowest BCUT2D eigenvalue weighted by molar-refractivity contribution is -0.135. The van der Waals surface area contributed by atoms with E-state index in [4.69, 9.17) is 5.11 Å². The lowest BCUT2D eigenvalue weighted by atomic mass is 9.99. The van der Waals surface area contributed by atoms with E-state index >= 15 is 0 Å². The number of ketones is 1. The predicted molar refractivity (Wildman–Crippen MR) is 56.9 cm³/mol. The van der Waals surface area contributed by atoms with Gasteiger partial charge >= 0.3 is 5.97 Å². The Morgan fingerprint density at radius 1 is 1.33 bits per heavy atom. The van der Waals surface area contributed by atoms with Crippen LogP contribution >= 0.6 is 0 Å². The summed E-state index contributed by atoms with van der Waals surface area (Å²) in [6.07, 6.45) is 1.79. The summed E-state index contributed by atoms with van der Waals surface area (Å²) >= 11 is 0. The van der Waals surface area contributed by atoms with Gasteiger partial charge in [-0.05, 0) is 12.0 Å². The molecule has 0 aliphatic heterocycles. The maximum atomic E-state index is 11.5. The third kappa shape index (κ3) is 3.06. The molecule has 1 N–H and O–H groups in total. The molecule has 0 heterocycles. The molecule has 0 saturated heterocycles. The van der Waals surface area contributed by atoms with Gasteiger partial charge in [0.1, 0.15) is 6.42 Å². The van der Waals surface area contributed by atoms with Crippen LogP contribution in [-0.4, -0.2) is 16.9 Å². The van der Waals surface area contributed by atoms with E-state index in [1.54, 1.807) is 24.3 Å². The van der Waals surface area contributed by atoms with Crippen molar-refractivity contribution in [3.05, 3.63) is 48.0 Å². The largest absolute Gasteiger partial charge is 0.481 e. The first-order valence-electron chi connectivity index (χ1n) is 4.59. The van der Waals surface area contributed by atoms with Crippen molar-refractivity contribution in [2.24, 2.45) is 0 Å². The number of hydrogen-bond donors (Lipinski definition) is 1. The first-order chi connectivity index (χ1) is 7.15. The van der Waals surface area contributed by atoms with Gasteiger partial charge < -0.3 is 5.11 Å². The molecule has 0 fully saturated rings. The third-order valence-electron chi connectivity index (χ3n) is 1.99. The Balaban J connectivity index is 2.96. The Kier molecular flexibility index (Phi) is 3.80. The van der Waals surface area contributed by atoms with Crippen molar-refractivity contribution < 1.29 is 14.7 Å². The van der Waals surface area contributed by atoms with Gasteiger partial charge in [0.05, 0.1) is 0 Å². The second-order valence-corrected chi connectivity index (χ2v) is 3.14. The van der Waals surface area contributed by atoms with Crippen LogP contribution in [0.25, 0.3) is 0 Å². The van der Waals surface area contributed by atoms with Crippen LogP contribution in [0.3, 0.4) is 0 Å². The number of carbonyl (C=O) groups is 2. The van der Waals surface area contributed by atoms with Crippen LogP contribution in [0, 0.1) is 0 Å². The van der Waals surface area contributed by atoms with E-state index < -0.39 is 12.4 Å². The Labute approximate surface area is 88.0 Å². The molecule has 0 aromatic heterocycles. The number of benzene rings is 1. The fraction of sp³-hybridized carbons (Fsp3) is 0.167. The van der Waals surface area contributed by atoms with Gasteiger partial charge in [-0.3, -0.25) is 9.59 Å². The third-order valence-corrected chi connectivity index (χ3v) is 1.99. The van der Waals surface area contributed by atoms with Gasteiger partial charge in [0, 0.05) is 5.56 Å². The van der Waals surface area contributed by atoms with E-state index in [0.717, 1.165) is 5.56 Å². The van der Waals surface area contributed by atoms with Gasteiger partial charge in [-0.15, -0.1) is 6.58 Å². The first-order valence-corrected chi connectivity index (χ1v) is 4.59. The highest BCUT2D eigenvalue weighted by atomic mass is 16.4. The minimum absolute atomic E-state index is 0.361. The Bertz CT molecular complexity index is 394. The quantitative estimate of drug-likeness (QED) is 0.454. The molecular formula is C12H12O3. The molecule has 0 spiro atoms. The minimum atomic E-state index is -1.10. The molecule has 3 nitrogen and oxygen atoms in total. The van der Waals surface area contributed by atoms with Crippen LogP contribution in [0.1, 0.15) is 22.3 Å². The Morgan fingerprint density at radius 3 is 2.60 bits per heavy atom. The fourth-order valence-electron chi connectivity index (χ4n) is 1.36. The number of allylic oxidation sites excluding steroid dienone is 1. The van der Waals surface area contributed by atoms with Gasteiger partial charge in [0.2, 0.25) is 0 Å². The highest BCUT2D eigenvalue weighted by molar-refractivity contribution is 6.06. The first kappa shape index (κ1) is 11.2. The SMILES string of the molecule is C=CCc1ccccc1C(=O)CC(=O)O. The van der Waals surface area contributed by atoms with Crippen molar-refractivity contribution in [3.63, 3.8) is 0 Å². The van der Waals surface area contributed by atoms with Crippen LogP contribution in [0.2, 0.25) is 0 Å². The lowest BCUT2D eigenvalue weighted by Crippen LogP contribution is -2.09. The van der Waals surface area contributed by atoms with Crippen LogP contribution in [0.15, 0.2) is 36.9 Å². The van der Waals surface area contributed by atoms with Crippen molar-refractivity contribution in [2.75, 3.05) is 0 Å². The van der Waals surface area contributed by atoms with E-state index in [0.29, 0.717) is 12.0 Å². The molecule has 0 aliphatic rings. The molecule has 0 aliphatic carbocycles. The zero-order valence-corrected chi connectivity index (χ0v) is 8.27. The molecule has 0 bridgehead atoms. The summed E-state index contributed by atoms with van der Waals surface area (Å²) in [6, 6.07) is 6.99. The standard InChI is InChI=1S/C12H12O3/c1-2-5-9-6-3-4-7-10(9)11(13)8-12(14)15/h2-4,6-7H,1,5,8H2,(H,14,15). The van der Waals surface area contributed by atoms with Crippen LogP contribution in [-0.2, 0) is 11.2 Å². The Hall–Kier alpha value is -1.90. The van der Waals surface area contributed by atoms with E-state index in [1.165, 1.54) is 0 Å². The average Bonchev–Trinajstić information content (AvgIpc) is 2.18. The molecule has 0 radical (unpaired) electrons. The molecule has 78 valence electrons. The van der Waals surface area contributed by atoms with Gasteiger partial charge in [0.25, 0.3) is 0 Å². The van der Waals surface area contributed by atoms with Gasteiger partial charge in [-0.2, -0.15) is 0 Å². The molecule has 1 aromatic carbocycles. The summed E-state index contributed by atoms with van der Waals surface area (Å²) in [7, 11) is 0. The average molecular weight is 204 g/mol. The summed E-state index contributed by atoms with van der Waals surface area (Å²) in [5, 5.41) is 8.53. The second kappa shape index (κ2) is 5.10. The fourth-order valence-corrected chi connectivity index (χ4v) is 1.36. The summed E-state index contributed by atoms with van der Waals surface area (Å²) in [5.74, 6) is -1.46. The van der Waals surface area contributed by atoms with E-state index in [1.807, 2.05) is 6.07 Å². The molecule has 0 saturated carbocycles. The molecule has 15 heavy (non-hydrogen) atoms. The van der Waals surface area contributed by atoms with Crippen molar-refractivity contribution in [1.29, 1.82) is 0 Å². The molecule has 1 aromatic rings. The Morgan fingerprint density at radius 2 is 2.00 bits per heavy atom. The highest BCUT2D eigenvalue weighted by Gasteiger charge is 2.13. The summed E-state index contributed by atoms with van der Waals surface area (Å²) in [4.78, 5) is 21.9. The van der Waals surface area contributed by atoms with Crippen molar-refractivity contribution in [3.8, 4) is 0 Å². The topological polar surface area (TPSA) is 54.4 Å². The predicted octanol–water partition coefficient (Wildman–Crippen LogP) is 2.07. The van der Waals surface area contributed by atoms with Gasteiger partial charge in [-0.25, -0.2) is 0 Å². The summed E-state index contributed by atoms with van der Waals surface area (Å²) in [6.45, 7) is 3.59. The second-order valence-electron chi connectivity index (χ2n) is 3.14. The van der Waals surface area contributed by atoms with Crippen molar-refractivity contribution in [1.82, 2.24) is 0 Å². The molecular weight excluding hydrogens is 192 g/mol. The van der Waals surface area contributed by atoms with E-state index in [-0.39, 0.29) is 5.78 Å². The molecule has 1 rings (SSSR count). The van der Waals surface area contributed by atoms with Crippen LogP contribution in [0.5, 0.6) is 0 Å². The number of Topliss-reactive ketones (excluding diaryl/α,β-unsaturated/α-hetero) is 1. The molecule has 0 atom stereocenters. The molecule has 0 unspecified atom stereocenters. The number of rotatable bonds is 5. The minimum Gasteiger partial charge on any atom is -0.481 e. The van der Waals surface area contributed by atoms with Crippen molar-refractivity contribution >= 4 is 11.8 Å². The maximum Gasteiger partial charge on any atom is 0.311 e. The maximum absolute atomic E-state index is 11.5. The number of hydrogen-bond acceptors (Lipinski definition) is 2. The van der Waals surface area contributed by atoms with Gasteiger partial charge in [-0.1, -0.05) is 30.3 Å². The number of aliphatic carboxylic acids is 1. The number of carbonyl (C=O) groups excluding carboxylic acids is 1. The number of carboxylic acids is 1. The monoisotopic (exact) mass is 204 g/mol. The van der Waals surface area contributed by atoms with E-state index in [9.17, 15) is 9.59 Å². The van der Waals surface area contributed by atoms with E-state index in [2.05, 4.69) is 6.58 Å². The van der Waals surface area contributed by atoms with Crippen LogP contribution < -0.4 is 0 Å². The zero-order chi connectivity index (χ0) is 11.3. The highest BCUT2D eigenvalue weighted by Crippen LogP contribution is 2.12. The van der Waals surface area contributed by atoms with Gasteiger partial charge in [0.15, 0.2) is 5.78 Å². The number of carboxylic acid groups (broad SMARTS) is 1. The van der Waals surface area contributed by atoms with Crippen molar-refractivity contribution in [2.45, 2.75) is 12.8 Å². The normalized spacial score (nSPS) is 9.60. The smallest absolute Gasteiger partial charge is 0.311 e. The zero-order valence-electron chi connectivity index (χ0n) is 8.27. The summed E-state index contributed by atoms with van der Waals surface area (Å²) in [5.41, 5.74) is 1.29. The molecule has 0 amide bonds. The lowest BCUT2D eigenvalue weighted by Gasteiger charge is -2.04. The molecule has 3 heteroatoms. The van der Waals surface area contributed by atoms with Crippen LogP contribution in [0.4, 0.5) is 0 Å². The summed E-state index contributed by atoms with van der Waals surface area (Å²) < 4.78 is 0.